The number of nitrogens with one attached hydrogen (secondary N) is 1. The molecule has 1 heterocycles. The fourth-order valence-corrected chi connectivity index (χ4v) is 2.44. The monoisotopic (exact) mass is 350 g/mol. The molecule has 1 N–H and O–H groups in total. The van der Waals surface area contributed by atoms with Crippen LogP contribution in [0.15, 0.2) is 30.3 Å². The van der Waals surface area contributed by atoms with E-state index in [1.165, 1.54) is 4.90 Å². The van der Waals surface area contributed by atoms with Gasteiger partial charge >= 0.3 is 0 Å². The van der Waals surface area contributed by atoms with Gasteiger partial charge in [-0.3, -0.25) is 14.5 Å². The van der Waals surface area contributed by atoms with E-state index in [-0.39, 0.29) is 6.61 Å². The molecule has 0 aliphatic carbocycles. The van der Waals surface area contributed by atoms with Crippen LogP contribution in [0.4, 0.5) is 24.5 Å². The summed E-state index contributed by atoms with van der Waals surface area (Å²) in [5, 5.41) is 2.14. The summed E-state index contributed by atoms with van der Waals surface area (Å²) < 4.78 is 45.1. The maximum Gasteiger partial charge on any atom is 0.265 e. The molecule has 0 fully saturated rings. The van der Waals surface area contributed by atoms with Gasteiger partial charge < -0.3 is 10.1 Å². The van der Waals surface area contributed by atoms with Crippen LogP contribution in [0.5, 0.6) is 5.75 Å². The Balaban J connectivity index is 1.81. The highest BCUT2D eigenvalue weighted by Crippen LogP contribution is 2.32. The molecule has 1 aliphatic heterocycles. The number of amides is 2. The topological polar surface area (TPSA) is 58.6 Å². The van der Waals surface area contributed by atoms with Crippen molar-refractivity contribution in [1.29, 1.82) is 0 Å². The molecule has 0 spiro atoms. The molecule has 3 rings (SSSR count). The molecule has 0 atom stereocenters. The third kappa shape index (κ3) is 3.28. The lowest BCUT2D eigenvalue weighted by Crippen LogP contribution is -2.43. The predicted molar refractivity (Wildman–Crippen MR) is 84.0 cm³/mol. The normalized spacial score (nSPS) is 13.3. The van der Waals surface area contributed by atoms with E-state index in [9.17, 15) is 22.8 Å². The molecule has 1 aliphatic rings. The number of benzene rings is 2. The average Bonchev–Trinajstić information content (AvgIpc) is 2.58. The van der Waals surface area contributed by atoms with E-state index in [4.69, 9.17) is 4.74 Å². The van der Waals surface area contributed by atoms with Crippen molar-refractivity contribution in [2.24, 2.45) is 0 Å². The van der Waals surface area contributed by atoms with Crippen LogP contribution in [0.1, 0.15) is 5.56 Å². The quantitative estimate of drug-likeness (QED) is 0.866. The van der Waals surface area contributed by atoms with Gasteiger partial charge in [0.15, 0.2) is 24.1 Å². The average molecular weight is 350 g/mol. The number of carbonyl (C=O) groups is 2. The molecule has 0 unspecified atom stereocenters. The SMILES string of the molecule is Cc1ccc2c(c1)N(CC(=O)Nc1ccc(F)c(F)c1F)C(=O)CO2. The molecule has 2 aromatic carbocycles. The van der Waals surface area contributed by atoms with Crippen molar-refractivity contribution in [1.82, 2.24) is 0 Å². The van der Waals surface area contributed by atoms with Crippen LogP contribution in [0.2, 0.25) is 0 Å². The fourth-order valence-electron chi connectivity index (χ4n) is 2.44. The van der Waals surface area contributed by atoms with Crippen LogP contribution in [-0.4, -0.2) is 25.0 Å². The molecule has 5 nitrogen and oxygen atoms in total. The first-order chi connectivity index (χ1) is 11.9. The Kier molecular flexibility index (Phi) is 4.35. The summed E-state index contributed by atoms with van der Waals surface area (Å²) in [6.45, 7) is 1.16. The van der Waals surface area contributed by atoms with Crippen LogP contribution in [0.25, 0.3) is 0 Å². The molecular formula is C17H13F3N2O3. The van der Waals surface area contributed by atoms with Crippen molar-refractivity contribution < 1.29 is 27.5 Å². The van der Waals surface area contributed by atoms with Gasteiger partial charge in [0.05, 0.1) is 11.4 Å². The Labute approximate surface area is 141 Å². The number of halogens is 3. The lowest BCUT2D eigenvalue weighted by molar-refractivity contribution is -0.123. The molecule has 0 saturated heterocycles. The number of hydrogen-bond donors (Lipinski definition) is 1. The molecule has 130 valence electrons. The van der Waals surface area contributed by atoms with Gasteiger partial charge in [0.25, 0.3) is 5.91 Å². The Morgan fingerprint density at radius 3 is 2.72 bits per heavy atom. The molecule has 0 radical (unpaired) electrons. The van der Waals surface area contributed by atoms with Gasteiger partial charge in [-0.05, 0) is 36.8 Å². The van der Waals surface area contributed by atoms with Gasteiger partial charge in [-0.25, -0.2) is 13.2 Å². The number of ether oxygens (including phenoxy) is 1. The molecule has 2 aromatic rings. The molecule has 0 bridgehead atoms. The zero-order valence-corrected chi connectivity index (χ0v) is 13.1. The van der Waals surface area contributed by atoms with Crippen LogP contribution in [0, 0.1) is 24.4 Å². The van der Waals surface area contributed by atoms with E-state index < -0.39 is 41.5 Å². The number of carbonyl (C=O) groups excluding carboxylic acids is 2. The van der Waals surface area contributed by atoms with Gasteiger partial charge in [-0.15, -0.1) is 0 Å². The van der Waals surface area contributed by atoms with Crippen molar-refractivity contribution in [3.05, 3.63) is 53.3 Å². The number of rotatable bonds is 3. The minimum Gasteiger partial charge on any atom is -0.482 e. The zero-order chi connectivity index (χ0) is 18.1. The van der Waals surface area contributed by atoms with Gasteiger partial charge in [0, 0.05) is 0 Å². The Bertz CT molecular complexity index is 870. The molecular weight excluding hydrogens is 337 g/mol. The molecule has 25 heavy (non-hydrogen) atoms. The van der Waals surface area contributed by atoms with Crippen LogP contribution < -0.4 is 15.0 Å². The number of aryl methyl sites for hydroxylation is 1. The van der Waals surface area contributed by atoms with Gasteiger partial charge in [0.1, 0.15) is 12.3 Å². The van der Waals surface area contributed by atoms with Gasteiger partial charge in [0.2, 0.25) is 5.91 Å². The van der Waals surface area contributed by atoms with Crippen LogP contribution in [-0.2, 0) is 9.59 Å². The molecule has 8 heteroatoms. The van der Waals surface area contributed by atoms with Crippen molar-refractivity contribution in [3.8, 4) is 5.75 Å². The van der Waals surface area contributed by atoms with E-state index >= 15 is 0 Å². The second kappa shape index (κ2) is 6.46. The summed E-state index contributed by atoms with van der Waals surface area (Å²) in [6.07, 6.45) is 0. The third-order valence-corrected chi connectivity index (χ3v) is 3.67. The standard InChI is InChI=1S/C17H13F3N2O3/c1-9-2-5-13-12(6-9)22(15(24)8-25-13)7-14(23)21-11-4-3-10(18)16(19)17(11)20/h2-6H,7-8H2,1H3,(H,21,23). The minimum absolute atomic E-state index is 0.233. The van der Waals surface area contributed by atoms with E-state index in [2.05, 4.69) is 5.32 Å². The summed E-state index contributed by atoms with van der Waals surface area (Å²) in [5.74, 6) is -5.30. The highest BCUT2D eigenvalue weighted by Gasteiger charge is 2.28. The number of nitrogens with zero attached hydrogens (tertiary/aromatic N) is 1. The first-order valence-corrected chi connectivity index (χ1v) is 7.34. The Morgan fingerprint density at radius 2 is 1.96 bits per heavy atom. The van der Waals surface area contributed by atoms with E-state index in [1.807, 2.05) is 6.92 Å². The summed E-state index contributed by atoms with van der Waals surface area (Å²) in [4.78, 5) is 25.4. The van der Waals surface area contributed by atoms with Crippen molar-refractivity contribution >= 4 is 23.2 Å². The zero-order valence-electron chi connectivity index (χ0n) is 13.1. The lowest BCUT2D eigenvalue weighted by Gasteiger charge is -2.29. The Hall–Kier alpha value is -3.03. The molecule has 2 amide bonds. The molecule has 0 saturated carbocycles. The first-order valence-electron chi connectivity index (χ1n) is 7.34. The predicted octanol–water partition coefficient (Wildman–Crippen LogP) is 2.78. The minimum atomic E-state index is -1.68. The van der Waals surface area contributed by atoms with Crippen LogP contribution in [0.3, 0.4) is 0 Å². The highest BCUT2D eigenvalue weighted by molar-refractivity contribution is 6.05. The maximum atomic E-state index is 13.6. The van der Waals surface area contributed by atoms with Crippen molar-refractivity contribution in [3.63, 3.8) is 0 Å². The first kappa shape index (κ1) is 16.8. The third-order valence-electron chi connectivity index (χ3n) is 3.67. The largest absolute Gasteiger partial charge is 0.482 e. The number of fused-ring (bicyclic) bond motifs is 1. The van der Waals surface area contributed by atoms with Crippen molar-refractivity contribution in [2.75, 3.05) is 23.4 Å². The van der Waals surface area contributed by atoms with Crippen molar-refractivity contribution in [2.45, 2.75) is 6.92 Å². The van der Waals surface area contributed by atoms with E-state index in [1.54, 1.807) is 18.2 Å². The second-order valence-electron chi connectivity index (χ2n) is 5.51. The smallest absolute Gasteiger partial charge is 0.265 e. The lowest BCUT2D eigenvalue weighted by atomic mass is 10.1. The Morgan fingerprint density at radius 1 is 1.20 bits per heavy atom. The van der Waals surface area contributed by atoms with E-state index in [0.717, 1.165) is 11.6 Å². The molecule has 0 aromatic heterocycles. The fraction of sp³-hybridized carbons (Fsp3) is 0.176. The summed E-state index contributed by atoms with van der Waals surface area (Å²) in [5.41, 5.74) is 0.764. The van der Waals surface area contributed by atoms with Gasteiger partial charge in [-0.2, -0.15) is 0 Å². The maximum absolute atomic E-state index is 13.6. The number of anilines is 2. The second-order valence-corrected chi connectivity index (χ2v) is 5.51. The van der Waals surface area contributed by atoms with Crippen LogP contribution >= 0.6 is 0 Å². The summed E-state index contributed by atoms with van der Waals surface area (Å²) >= 11 is 0. The highest BCUT2D eigenvalue weighted by atomic mass is 19.2. The van der Waals surface area contributed by atoms with E-state index in [0.29, 0.717) is 17.5 Å². The van der Waals surface area contributed by atoms with Gasteiger partial charge in [-0.1, -0.05) is 6.07 Å². The summed E-state index contributed by atoms with van der Waals surface area (Å²) in [7, 11) is 0. The number of hydrogen-bond acceptors (Lipinski definition) is 3. The summed E-state index contributed by atoms with van der Waals surface area (Å²) in [6, 6.07) is 6.76.